The van der Waals surface area contributed by atoms with Crippen molar-refractivity contribution in [2.24, 2.45) is 0 Å². The van der Waals surface area contributed by atoms with Crippen molar-refractivity contribution in [3.8, 4) is 11.3 Å². The van der Waals surface area contributed by atoms with E-state index in [1.165, 1.54) is 11.1 Å². The molecule has 0 bridgehead atoms. The lowest BCUT2D eigenvalue weighted by molar-refractivity contribution is 1.05. The number of nitrogens with zero attached hydrogens (tertiary/aromatic N) is 3. The summed E-state index contributed by atoms with van der Waals surface area (Å²) in [6.07, 6.45) is 3.54. The van der Waals surface area contributed by atoms with Gasteiger partial charge in [0, 0.05) is 37.1 Å². The molecule has 1 aromatic carbocycles. The molecule has 0 spiro atoms. The lowest BCUT2D eigenvalue weighted by Gasteiger charge is -2.11. The van der Waals surface area contributed by atoms with Gasteiger partial charge in [-0.25, -0.2) is 4.98 Å². The summed E-state index contributed by atoms with van der Waals surface area (Å²) in [7, 11) is 0. The number of pyridine rings is 1. The van der Waals surface area contributed by atoms with Crippen LogP contribution in [0.4, 0.5) is 11.8 Å². The summed E-state index contributed by atoms with van der Waals surface area (Å²) in [4.78, 5) is 13.2. The van der Waals surface area contributed by atoms with Crippen LogP contribution in [0.2, 0.25) is 0 Å². The Kier molecular flexibility index (Phi) is 5.01. The number of nitrogens with one attached hydrogen (secondary N) is 2. The van der Waals surface area contributed by atoms with Crippen molar-refractivity contribution in [1.29, 1.82) is 0 Å². The summed E-state index contributed by atoms with van der Waals surface area (Å²) in [6, 6.07) is 14.3. The molecule has 24 heavy (non-hydrogen) atoms. The molecule has 2 heterocycles. The van der Waals surface area contributed by atoms with Crippen molar-refractivity contribution < 1.29 is 0 Å². The van der Waals surface area contributed by atoms with Crippen molar-refractivity contribution in [3.05, 3.63) is 66.0 Å². The van der Waals surface area contributed by atoms with Crippen LogP contribution in [0, 0.1) is 6.92 Å². The van der Waals surface area contributed by atoms with Crippen molar-refractivity contribution >= 4 is 11.8 Å². The number of hydrogen-bond acceptors (Lipinski definition) is 5. The summed E-state index contributed by atoms with van der Waals surface area (Å²) in [6.45, 7) is 5.61. The minimum Gasteiger partial charge on any atom is -0.366 e. The van der Waals surface area contributed by atoms with E-state index in [1.807, 2.05) is 25.1 Å². The minimum atomic E-state index is 0.623. The van der Waals surface area contributed by atoms with E-state index in [2.05, 4.69) is 56.8 Å². The molecule has 5 heteroatoms. The predicted octanol–water partition coefficient (Wildman–Crippen LogP) is 3.89. The third-order valence-electron chi connectivity index (χ3n) is 3.63. The quantitative estimate of drug-likeness (QED) is 0.721. The maximum atomic E-state index is 4.57. The van der Waals surface area contributed by atoms with Crippen LogP contribution >= 0.6 is 0 Å². The third kappa shape index (κ3) is 4.07. The monoisotopic (exact) mass is 319 g/mol. The van der Waals surface area contributed by atoms with Gasteiger partial charge >= 0.3 is 0 Å². The van der Waals surface area contributed by atoms with Crippen LogP contribution in [0.25, 0.3) is 11.3 Å². The largest absolute Gasteiger partial charge is 0.366 e. The van der Waals surface area contributed by atoms with E-state index in [0.717, 1.165) is 30.2 Å². The van der Waals surface area contributed by atoms with Crippen LogP contribution in [-0.4, -0.2) is 21.5 Å². The Morgan fingerprint density at radius 3 is 2.38 bits per heavy atom. The van der Waals surface area contributed by atoms with Crippen molar-refractivity contribution in [1.82, 2.24) is 15.0 Å². The first-order valence-corrected chi connectivity index (χ1v) is 8.07. The van der Waals surface area contributed by atoms with Crippen LogP contribution in [0.15, 0.2) is 54.9 Å². The highest BCUT2D eigenvalue weighted by molar-refractivity contribution is 5.63. The van der Waals surface area contributed by atoms with E-state index in [-0.39, 0.29) is 0 Å². The van der Waals surface area contributed by atoms with E-state index in [0.29, 0.717) is 5.95 Å². The highest BCUT2D eigenvalue weighted by Crippen LogP contribution is 2.21. The van der Waals surface area contributed by atoms with E-state index in [1.54, 1.807) is 12.4 Å². The van der Waals surface area contributed by atoms with Gasteiger partial charge < -0.3 is 10.6 Å². The standard InChI is InChI=1S/C19H21N5/c1-3-21-19-23-17(16-8-10-20-11-9-16)12-18(24-19)22-13-15-6-4-14(2)5-7-15/h4-12H,3,13H2,1-2H3,(H2,21,22,23,24). The van der Waals surface area contributed by atoms with E-state index in [9.17, 15) is 0 Å². The Morgan fingerprint density at radius 2 is 1.67 bits per heavy atom. The van der Waals surface area contributed by atoms with Crippen LogP contribution < -0.4 is 10.6 Å². The molecule has 2 N–H and O–H groups in total. The number of hydrogen-bond donors (Lipinski definition) is 2. The maximum Gasteiger partial charge on any atom is 0.225 e. The van der Waals surface area contributed by atoms with Crippen LogP contribution in [0.1, 0.15) is 18.1 Å². The first-order valence-electron chi connectivity index (χ1n) is 8.07. The fourth-order valence-electron chi connectivity index (χ4n) is 2.34. The lowest BCUT2D eigenvalue weighted by Crippen LogP contribution is -2.07. The molecule has 0 amide bonds. The van der Waals surface area contributed by atoms with Crippen molar-refractivity contribution in [2.45, 2.75) is 20.4 Å². The Hall–Kier alpha value is -2.95. The lowest BCUT2D eigenvalue weighted by atomic mass is 10.1. The molecule has 0 fully saturated rings. The molecule has 3 rings (SSSR count). The van der Waals surface area contributed by atoms with Crippen molar-refractivity contribution in [3.63, 3.8) is 0 Å². The summed E-state index contributed by atoms with van der Waals surface area (Å²) in [5.74, 6) is 1.42. The van der Waals surface area contributed by atoms with Gasteiger partial charge in [0.1, 0.15) is 5.82 Å². The smallest absolute Gasteiger partial charge is 0.225 e. The molecule has 2 aromatic heterocycles. The summed E-state index contributed by atoms with van der Waals surface area (Å²) >= 11 is 0. The molecule has 0 aliphatic heterocycles. The fraction of sp³-hybridized carbons (Fsp3) is 0.211. The highest BCUT2D eigenvalue weighted by Gasteiger charge is 2.06. The van der Waals surface area contributed by atoms with E-state index >= 15 is 0 Å². The van der Waals surface area contributed by atoms with Crippen molar-refractivity contribution in [2.75, 3.05) is 17.2 Å². The average Bonchev–Trinajstić information content (AvgIpc) is 2.62. The van der Waals surface area contributed by atoms with Crippen LogP contribution in [0.3, 0.4) is 0 Å². The zero-order valence-corrected chi connectivity index (χ0v) is 14.0. The number of anilines is 2. The molecular formula is C19H21N5. The molecule has 0 unspecified atom stereocenters. The molecule has 0 aliphatic carbocycles. The Balaban J connectivity index is 1.83. The number of benzene rings is 1. The Bertz CT molecular complexity index is 785. The second-order valence-corrected chi connectivity index (χ2v) is 5.57. The second kappa shape index (κ2) is 7.55. The van der Waals surface area contributed by atoms with Gasteiger partial charge in [0.2, 0.25) is 5.95 Å². The minimum absolute atomic E-state index is 0.623. The summed E-state index contributed by atoms with van der Waals surface area (Å²) < 4.78 is 0. The molecule has 0 radical (unpaired) electrons. The molecule has 0 saturated carbocycles. The molecular weight excluding hydrogens is 298 g/mol. The van der Waals surface area contributed by atoms with E-state index in [4.69, 9.17) is 0 Å². The molecule has 5 nitrogen and oxygen atoms in total. The molecule has 0 aliphatic rings. The highest BCUT2D eigenvalue weighted by atomic mass is 15.1. The van der Waals surface area contributed by atoms with Crippen LogP contribution in [0.5, 0.6) is 0 Å². The third-order valence-corrected chi connectivity index (χ3v) is 3.63. The zero-order chi connectivity index (χ0) is 16.8. The van der Waals surface area contributed by atoms with E-state index < -0.39 is 0 Å². The van der Waals surface area contributed by atoms with Gasteiger partial charge in [0.15, 0.2) is 0 Å². The van der Waals surface area contributed by atoms with Gasteiger partial charge in [-0.15, -0.1) is 0 Å². The van der Waals surface area contributed by atoms with Gasteiger partial charge in [0.05, 0.1) is 5.69 Å². The van der Waals surface area contributed by atoms with Gasteiger partial charge in [-0.2, -0.15) is 4.98 Å². The fourth-order valence-corrected chi connectivity index (χ4v) is 2.34. The number of aryl methyl sites for hydroxylation is 1. The number of aromatic nitrogens is 3. The maximum absolute atomic E-state index is 4.57. The van der Waals surface area contributed by atoms with Crippen LogP contribution in [-0.2, 0) is 6.54 Å². The molecule has 0 atom stereocenters. The Labute approximate surface area is 142 Å². The first-order chi connectivity index (χ1) is 11.7. The van der Waals surface area contributed by atoms with Gasteiger partial charge in [-0.05, 0) is 31.5 Å². The summed E-state index contributed by atoms with van der Waals surface area (Å²) in [5, 5.41) is 6.57. The second-order valence-electron chi connectivity index (χ2n) is 5.57. The zero-order valence-electron chi connectivity index (χ0n) is 14.0. The summed E-state index contributed by atoms with van der Waals surface area (Å²) in [5.41, 5.74) is 4.37. The van der Waals surface area contributed by atoms with Gasteiger partial charge in [-0.1, -0.05) is 29.8 Å². The average molecular weight is 319 g/mol. The molecule has 0 saturated heterocycles. The first kappa shape index (κ1) is 15.9. The van der Waals surface area contributed by atoms with Gasteiger partial charge in [-0.3, -0.25) is 4.98 Å². The normalized spacial score (nSPS) is 10.4. The Morgan fingerprint density at radius 1 is 0.917 bits per heavy atom. The topological polar surface area (TPSA) is 62.7 Å². The SMILES string of the molecule is CCNc1nc(NCc2ccc(C)cc2)cc(-c2ccncc2)n1. The molecule has 3 aromatic rings. The number of rotatable bonds is 6. The van der Waals surface area contributed by atoms with Gasteiger partial charge in [0.25, 0.3) is 0 Å². The predicted molar refractivity (Wildman–Crippen MR) is 97.9 cm³/mol. The molecule has 122 valence electrons.